The van der Waals surface area contributed by atoms with E-state index in [0.717, 1.165) is 0 Å². The summed E-state index contributed by atoms with van der Waals surface area (Å²) in [6.07, 6.45) is 2.80. The van der Waals surface area contributed by atoms with Crippen LogP contribution < -0.4 is 5.32 Å². The number of carbonyl (C=O) groups excluding carboxylic acids is 1. The Balaban J connectivity index is 2.32. The Morgan fingerprint density at radius 3 is 2.81 bits per heavy atom. The summed E-state index contributed by atoms with van der Waals surface area (Å²) in [5.74, 6) is 0.867. The molecule has 0 aliphatic heterocycles. The summed E-state index contributed by atoms with van der Waals surface area (Å²) in [7, 11) is 0. The van der Waals surface area contributed by atoms with E-state index in [9.17, 15) is 4.79 Å². The third-order valence-electron chi connectivity index (χ3n) is 2.52. The Bertz CT molecular complexity index is 325. The van der Waals surface area contributed by atoms with Gasteiger partial charge in [0.05, 0.1) is 18.5 Å². The van der Waals surface area contributed by atoms with Crippen molar-refractivity contribution in [3.05, 3.63) is 24.5 Å². The highest BCUT2D eigenvalue weighted by molar-refractivity contribution is 5.84. The molecule has 1 rings (SSSR count). The Morgan fingerprint density at radius 2 is 2.25 bits per heavy atom. The van der Waals surface area contributed by atoms with E-state index >= 15 is 0 Å². The molecule has 0 radical (unpaired) electrons. The van der Waals surface area contributed by atoms with Gasteiger partial charge in [0.15, 0.2) is 0 Å². The number of nitrogens with zero attached hydrogens (tertiary/aromatic N) is 1. The first kappa shape index (κ1) is 12.5. The molecule has 0 bridgehead atoms. The van der Waals surface area contributed by atoms with Crippen LogP contribution in [0.25, 0.3) is 0 Å². The molecule has 4 nitrogen and oxygen atoms in total. The molecule has 0 spiro atoms. The third kappa shape index (κ3) is 4.29. The molecule has 1 heterocycles. The van der Waals surface area contributed by atoms with Gasteiger partial charge in [-0.3, -0.25) is 10.3 Å². The minimum atomic E-state index is -0.430. The van der Waals surface area contributed by atoms with Gasteiger partial charge in [-0.1, -0.05) is 20.8 Å². The van der Waals surface area contributed by atoms with Crippen LogP contribution in [0.15, 0.2) is 24.5 Å². The summed E-state index contributed by atoms with van der Waals surface area (Å²) in [5.41, 5.74) is 0.643. The second kappa shape index (κ2) is 6.10. The van der Waals surface area contributed by atoms with E-state index in [-0.39, 0.29) is 0 Å². The quantitative estimate of drug-likeness (QED) is 0.852. The molecule has 16 heavy (non-hydrogen) atoms. The summed E-state index contributed by atoms with van der Waals surface area (Å²) in [5, 5.41) is 2.61. The fourth-order valence-corrected chi connectivity index (χ4v) is 0.990. The molecule has 1 aromatic rings. The van der Waals surface area contributed by atoms with Gasteiger partial charge >= 0.3 is 6.09 Å². The van der Waals surface area contributed by atoms with Crippen LogP contribution in [0.4, 0.5) is 10.5 Å². The molecular formula is C12H18N2O2. The van der Waals surface area contributed by atoms with Gasteiger partial charge in [0, 0.05) is 6.20 Å². The van der Waals surface area contributed by atoms with Crippen molar-refractivity contribution in [3.8, 4) is 0 Å². The van der Waals surface area contributed by atoms with Gasteiger partial charge < -0.3 is 4.74 Å². The topological polar surface area (TPSA) is 51.2 Å². The third-order valence-corrected chi connectivity index (χ3v) is 2.52. The summed E-state index contributed by atoms with van der Waals surface area (Å²) in [6, 6.07) is 3.52. The van der Waals surface area contributed by atoms with Crippen LogP contribution in [0, 0.1) is 11.8 Å². The first-order valence-electron chi connectivity index (χ1n) is 5.43. The fourth-order valence-electron chi connectivity index (χ4n) is 0.990. The molecule has 0 saturated heterocycles. The standard InChI is InChI=1S/C12H18N2O2/c1-9(2)10(3)8-16-12(15)14-11-5-4-6-13-7-11/h4-7,9-10H,8H2,1-3H3,(H,14,15). The number of ether oxygens (including phenoxy) is 1. The lowest BCUT2D eigenvalue weighted by Crippen LogP contribution is -2.20. The van der Waals surface area contributed by atoms with Crippen LogP contribution >= 0.6 is 0 Å². The number of rotatable bonds is 4. The maximum Gasteiger partial charge on any atom is 0.411 e. The molecule has 88 valence electrons. The number of pyridine rings is 1. The molecule has 0 aromatic carbocycles. The number of anilines is 1. The number of amides is 1. The van der Waals surface area contributed by atoms with E-state index in [0.29, 0.717) is 24.1 Å². The lowest BCUT2D eigenvalue weighted by atomic mass is 10.00. The van der Waals surface area contributed by atoms with Gasteiger partial charge in [-0.05, 0) is 24.0 Å². The summed E-state index contributed by atoms with van der Waals surface area (Å²) in [6.45, 7) is 6.70. The van der Waals surface area contributed by atoms with Crippen LogP contribution in [0.5, 0.6) is 0 Å². The Kier molecular flexibility index (Phi) is 4.76. The highest BCUT2D eigenvalue weighted by atomic mass is 16.5. The monoisotopic (exact) mass is 222 g/mol. The smallest absolute Gasteiger partial charge is 0.411 e. The molecule has 0 fully saturated rings. The highest BCUT2D eigenvalue weighted by Gasteiger charge is 2.10. The van der Waals surface area contributed by atoms with Crippen molar-refractivity contribution in [1.82, 2.24) is 4.98 Å². The van der Waals surface area contributed by atoms with Crippen molar-refractivity contribution in [2.75, 3.05) is 11.9 Å². The van der Waals surface area contributed by atoms with E-state index in [4.69, 9.17) is 4.74 Å². The Morgan fingerprint density at radius 1 is 1.50 bits per heavy atom. The predicted octanol–water partition coefficient (Wildman–Crippen LogP) is 2.92. The van der Waals surface area contributed by atoms with Crippen LogP contribution in [0.1, 0.15) is 20.8 Å². The second-order valence-electron chi connectivity index (χ2n) is 4.19. The molecule has 1 aromatic heterocycles. The highest BCUT2D eigenvalue weighted by Crippen LogP contribution is 2.10. The van der Waals surface area contributed by atoms with Crippen molar-refractivity contribution in [2.45, 2.75) is 20.8 Å². The first-order valence-corrected chi connectivity index (χ1v) is 5.43. The largest absolute Gasteiger partial charge is 0.449 e. The zero-order chi connectivity index (χ0) is 12.0. The van der Waals surface area contributed by atoms with Crippen molar-refractivity contribution in [1.29, 1.82) is 0 Å². The van der Waals surface area contributed by atoms with Crippen LogP contribution in [0.3, 0.4) is 0 Å². The van der Waals surface area contributed by atoms with Crippen molar-refractivity contribution < 1.29 is 9.53 Å². The average Bonchev–Trinajstić information content (AvgIpc) is 2.27. The summed E-state index contributed by atoms with van der Waals surface area (Å²) >= 11 is 0. The van der Waals surface area contributed by atoms with Gasteiger partial charge in [-0.15, -0.1) is 0 Å². The first-order chi connectivity index (χ1) is 7.59. The molecule has 0 saturated carbocycles. The molecule has 1 atom stereocenters. The van der Waals surface area contributed by atoms with Crippen molar-refractivity contribution in [2.24, 2.45) is 11.8 Å². The van der Waals surface area contributed by atoms with E-state index in [1.54, 1.807) is 24.5 Å². The molecule has 1 N–H and O–H groups in total. The SMILES string of the molecule is CC(C)C(C)COC(=O)Nc1cccnc1. The number of nitrogens with one attached hydrogen (secondary N) is 1. The number of carbonyl (C=O) groups is 1. The van der Waals surface area contributed by atoms with Gasteiger partial charge in [0.25, 0.3) is 0 Å². The predicted molar refractivity (Wildman–Crippen MR) is 63.2 cm³/mol. The second-order valence-corrected chi connectivity index (χ2v) is 4.19. The van der Waals surface area contributed by atoms with E-state index < -0.39 is 6.09 Å². The van der Waals surface area contributed by atoms with Gasteiger partial charge in [0.2, 0.25) is 0 Å². The van der Waals surface area contributed by atoms with Crippen LogP contribution in [-0.4, -0.2) is 17.7 Å². The zero-order valence-electron chi connectivity index (χ0n) is 9.93. The van der Waals surface area contributed by atoms with Crippen molar-refractivity contribution in [3.63, 3.8) is 0 Å². The van der Waals surface area contributed by atoms with Gasteiger partial charge in [-0.2, -0.15) is 0 Å². The molecule has 1 amide bonds. The molecule has 0 aliphatic rings. The molecule has 1 unspecified atom stereocenters. The van der Waals surface area contributed by atoms with E-state index in [2.05, 4.69) is 31.1 Å². The van der Waals surface area contributed by atoms with E-state index in [1.165, 1.54) is 0 Å². The fraction of sp³-hybridized carbons (Fsp3) is 0.500. The van der Waals surface area contributed by atoms with E-state index in [1.807, 2.05) is 0 Å². The number of aromatic nitrogens is 1. The Hall–Kier alpha value is -1.58. The van der Waals surface area contributed by atoms with Gasteiger partial charge in [-0.25, -0.2) is 4.79 Å². The average molecular weight is 222 g/mol. The van der Waals surface area contributed by atoms with Crippen LogP contribution in [0.2, 0.25) is 0 Å². The minimum absolute atomic E-state index is 0.361. The summed E-state index contributed by atoms with van der Waals surface area (Å²) in [4.78, 5) is 15.3. The lowest BCUT2D eigenvalue weighted by molar-refractivity contribution is 0.133. The molecule has 0 aliphatic carbocycles. The lowest BCUT2D eigenvalue weighted by Gasteiger charge is -2.15. The number of hydrogen-bond donors (Lipinski definition) is 1. The van der Waals surface area contributed by atoms with Crippen molar-refractivity contribution >= 4 is 11.8 Å². The minimum Gasteiger partial charge on any atom is -0.449 e. The molecule has 4 heteroatoms. The summed E-state index contributed by atoms with van der Waals surface area (Å²) < 4.78 is 5.09. The molecular weight excluding hydrogens is 204 g/mol. The maximum atomic E-state index is 11.4. The van der Waals surface area contributed by atoms with Gasteiger partial charge in [0.1, 0.15) is 0 Å². The maximum absolute atomic E-state index is 11.4. The Labute approximate surface area is 96.0 Å². The van der Waals surface area contributed by atoms with Crippen LogP contribution in [-0.2, 0) is 4.74 Å². The number of hydrogen-bond acceptors (Lipinski definition) is 3. The normalized spacial score (nSPS) is 12.2. The zero-order valence-corrected chi connectivity index (χ0v) is 9.93.